The van der Waals surface area contributed by atoms with Crippen LogP contribution in [-0.4, -0.2) is 36.5 Å². The van der Waals surface area contributed by atoms with E-state index in [9.17, 15) is 5.11 Å². The fourth-order valence-electron chi connectivity index (χ4n) is 3.10. The zero-order chi connectivity index (χ0) is 16.0. The molecule has 0 spiro atoms. The normalized spacial score (nSPS) is 18.5. The van der Waals surface area contributed by atoms with Crippen LogP contribution in [0.25, 0.3) is 0 Å². The lowest BCUT2D eigenvalue weighted by molar-refractivity contribution is -0.0161. The number of aliphatic hydroxyl groups is 1. The van der Waals surface area contributed by atoms with E-state index in [2.05, 4.69) is 22.4 Å². The van der Waals surface area contributed by atoms with Gasteiger partial charge in [0, 0.05) is 31.4 Å². The SMILES string of the molecule is OCC1(CN[C@H](c2ccccc2)c2ccccn2)CCOCC1. The van der Waals surface area contributed by atoms with Crippen LogP contribution >= 0.6 is 0 Å². The van der Waals surface area contributed by atoms with Gasteiger partial charge in [-0.2, -0.15) is 0 Å². The number of rotatable bonds is 6. The monoisotopic (exact) mass is 312 g/mol. The molecule has 0 amide bonds. The Labute approximate surface area is 137 Å². The Bertz CT molecular complexity index is 543. The van der Waals surface area contributed by atoms with Gasteiger partial charge in [0.1, 0.15) is 0 Å². The fourth-order valence-corrected chi connectivity index (χ4v) is 3.10. The van der Waals surface area contributed by atoms with Crippen molar-refractivity contribution in [2.24, 2.45) is 5.41 Å². The van der Waals surface area contributed by atoms with E-state index in [1.54, 1.807) is 0 Å². The summed E-state index contributed by atoms with van der Waals surface area (Å²) in [4.78, 5) is 4.52. The maximum Gasteiger partial charge on any atom is 0.0751 e. The van der Waals surface area contributed by atoms with E-state index in [-0.39, 0.29) is 18.1 Å². The van der Waals surface area contributed by atoms with Gasteiger partial charge in [-0.15, -0.1) is 0 Å². The Kier molecular flexibility index (Phi) is 5.39. The van der Waals surface area contributed by atoms with Crippen LogP contribution in [0.2, 0.25) is 0 Å². The zero-order valence-corrected chi connectivity index (χ0v) is 13.3. The minimum absolute atomic E-state index is 0.0312. The maximum atomic E-state index is 9.88. The third kappa shape index (κ3) is 3.96. The highest BCUT2D eigenvalue weighted by Crippen LogP contribution is 2.31. The summed E-state index contributed by atoms with van der Waals surface area (Å²) < 4.78 is 5.45. The van der Waals surface area contributed by atoms with Gasteiger partial charge in [0.15, 0.2) is 0 Å². The molecule has 1 saturated heterocycles. The standard InChI is InChI=1S/C19H24N2O2/c22-15-19(9-12-23-13-10-19)14-21-18(16-6-2-1-3-7-16)17-8-4-5-11-20-17/h1-8,11,18,21-22H,9-10,12-15H2/t18-/m1/s1. The Morgan fingerprint density at radius 3 is 2.48 bits per heavy atom. The summed E-state index contributed by atoms with van der Waals surface area (Å²) in [7, 11) is 0. The van der Waals surface area contributed by atoms with Crippen molar-refractivity contribution in [2.75, 3.05) is 26.4 Å². The van der Waals surface area contributed by atoms with E-state index in [1.165, 1.54) is 5.56 Å². The third-order valence-corrected chi connectivity index (χ3v) is 4.69. The lowest BCUT2D eigenvalue weighted by Gasteiger charge is -2.37. The number of hydrogen-bond donors (Lipinski definition) is 2. The van der Waals surface area contributed by atoms with Gasteiger partial charge in [-0.25, -0.2) is 0 Å². The Morgan fingerprint density at radius 2 is 1.83 bits per heavy atom. The predicted octanol–water partition coefficient (Wildman–Crippen LogP) is 2.55. The second-order valence-electron chi connectivity index (χ2n) is 6.25. The Balaban J connectivity index is 1.79. The zero-order valence-electron chi connectivity index (χ0n) is 13.3. The Morgan fingerprint density at radius 1 is 1.09 bits per heavy atom. The molecule has 4 nitrogen and oxygen atoms in total. The number of hydrogen-bond acceptors (Lipinski definition) is 4. The molecule has 4 heteroatoms. The molecule has 1 aromatic carbocycles. The molecule has 0 saturated carbocycles. The third-order valence-electron chi connectivity index (χ3n) is 4.69. The summed E-state index contributed by atoms with van der Waals surface area (Å²) in [6.07, 6.45) is 3.60. The summed E-state index contributed by atoms with van der Waals surface area (Å²) in [5, 5.41) is 13.5. The summed E-state index contributed by atoms with van der Waals surface area (Å²) in [6.45, 7) is 2.39. The molecule has 3 rings (SSSR count). The van der Waals surface area contributed by atoms with Crippen LogP contribution in [-0.2, 0) is 4.74 Å². The number of ether oxygens (including phenoxy) is 1. The first kappa shape index (κ1) is 16.1. The van der Waals surface area contributed by atoms with Crippen LogP contribution in [0.4, 0.5) is 0 Å². The van der Waals surface area contributed by atoms with Crippen LogP contribution in [0.15, 0.2) is 54.7 Å². The number of aliphatic hydroxyl groups excluding tert-OH is 1. The molecule has 2 heterocycles. The quantitative estimate of drug-likeness (QED) is 0.861. The van der Waals surface area contributed by atoms with Crippen LogP contribution in [0, 0.1) is 5.41 Å². The highest BCUT2D eigenvalue weighted by atomic mass is 16.5. The molecule has 1 fully saturated rings. The largest absolute Gasteiger partial charge is 0.396 e. The van der Waals surface area contributed by atoms with Crippen molar-refractivity contribution in [1.82, 2.24) is 10.3 Å². The van der Waals surface area contributed by atoms with Crippen molar-refractivity contribution < 1.29 is 9.84 Å². The average molecular weight is 312 g/mol. The molecule has 2 N–H and O–H groups in total. The molecular formula is C19H24N2O2. The average Bonchev–Trinajstić information content (AvgIpc) is 2.64. The van der Waals surface area contributed by atoms with E-state index >= 15 is 0 Å². The van der Waals surface area contributed by atoms with Crippen LogP contribution in [0.1, 0.15) is 30.1 Å². The summed E-state index contributed by atoms with van der Waals surface area (Å²) in [6, 6.07) is 16.3. The molecule has 1 aromatic heterocycles. The van der Waals surface area contributed by atoms with Crippen molar-refractivity contribution in [1.29, 1.82) is 0 Å². The van der Waals surface area contributed by atoms with Gasteiger partial charge in [-0.3, -0.25) is 4.98 Å². The van der Waals surface area contributed by atoms with Gasteiger partial charge >= 0.3 is 0 Å². The predicted molar refractivity (Wildman–Crippen MR) is 90.1 cm³/mol. The van der Waals surface area contributed by atoms with Crippen molar-refractivity contribution in [3.8, 4) is 0 Å². The molecule has 0 aliphatic carbocycles. The van der Waals surface area contributed by atoms with E-state index < -0.39 is 0 Å². The van der Waals surface area contributed by atoms with E-state index in [0.29, 0.717) is 0 Å². The number of nitrogens with one attached hydrogen (secondary N) is 1. The summed E-state index contributed by atoms with van der Waals surface area (Å²) in [5.41, 5.74) is 2.09. The molecule has 23 heavy (non-hydrogen) atoms. The highest BCUT2D eigenvalue weighted by molar-refractivity contribution is 5.27. The van der Waals surface area contributed by atoms with Crippen LogP contribution < -0.4 is 5.32 Å². The van der Waals surface area contributed by atoms with Gasteiger partial charge in [-0.1, -0.05) is 36.4 Å². The molecule has 0 radical (unpaired) electrons. The van der Waals surface area contributed by atoms with E-state index in [1.807, 2.05) is 42.6 Å². The van der Waals surface area contributed by atoms with Crippen molar-refractivity contribution in [3.63, 3.8) is 0 Å². The minimum Gasteiger partial charge on any atom is -0.396 e. The molecule has 1 aliphatic rings. The van der Waals surface area contributed by atoms with Gasteiger partial charge < -0.3 is 15.2 Å². The molecule has 0 bridgehead atoms. The number of aromatic nitrogens is 1. The topological polar surface area (TPSA) is 54.4 Å². The lowest BCUT2D eigenvalue weighted by atomic mass is 9.80. The molecule has 1 atom stereocenters. The fraction of sp³-hybridized carbons (Fsp3) is 0.421. The second-order valence-corrected chi connectivity index (χ2v) is 6.25. The second kappa shape index (κ2) is 7.68. The first-order chi connectivity index (χ1) is 11.3. The van der Waals surface area contributed by atoms with Gasteiger partial charge in [-0.05, 0) is 30.5 Å². The van der Waals surface area contributed by atoms with E-state index in [4.69, 9.17) is 4.74 Å². The summed E-state index contributed by atoms with van der Waals surface area (Å²) >= 11 is 0. The Hall–Kier alpha value is -1.75. The molecule has 0 unspecified atom stereocenters. The lowest BCUT2D eigenvalue weighted by Crippen LogP contribution is -2.43. The van der Waals surface area contributed by atoms with E-state index in [0.717, 1.165) is 38.3 Å². The maximum absolute atomic E-state index is 9.88. The molecule has 1 aliphatic heterocycles. The first-order valence-electron chi connectivity index (χ1n) is 8.21. The molecule has 2 aromatic rings. The number of nitrogens with zero attached hydrogens (tertiary/aromatic N) is 1. The van der Waals surface area contributed by atoms with Crippen molar-refractivity contribution >= 4 is 0 Å². The van der Waals surface area contributed by atoms with Crippen molar-refractivity contribution in [2.45, 2.75) is 18.9 Å². The number of benzene rings is 1. The molecular weight excluding hydrogens is 288 g/mol. The molecule has 122 valence electrons. The van der Waals surface area contributed by atoms with Gasteiger partial charge in [0.2, 0.25) is 0 Å². The van der Waals surface area contributed by atoms with Crippen LogP contribution in [0.3, 0.4) is 0 Å². The minimum atomic E-state index is -0.0972. The first-order valence-corrected chi connectivity index (χ1v) is 8.21. The smallest absolute Gasteiger partial charge is 0.0751 e. The summed E-state index contributed by atoms with van der Waals surface area (Å²) in [5.74, 6) is 0. The van der Waals surface area contributed by atoms with Crippen molar-refractivity contribution in [3.05, 3.63) is 66.0 Å². The van der Waals surface area contributed by atoms with Crippen LogP contribution in [0.5, 0.6) is 0 Å². The number of pyridine rings is 1. The van der Waals surface area contributed by atoms with Gasteiger partial charge in [0.25, 0.3) is 0 Å². The van der Waals surface area contributed by atoms with Gasteiger partial charge in [0.05, 0.1) is 18.3 Å². The highest BCUT2D eigenvalue weighted by Gasteiger charge is 2.32.